The largest absolute Gasteiger partial charge is 0.464 e. The Morgan fingerprint density at radius 3 is 2.34 bits per heavy atom. The number of benzene rings is 2. The molecule has 0 atom stereocenters. The zero-order chi connectivity index (χ0) is 25.3. The summed E-state index contributed by atoms with van der Waals surface area (Å²) >= 11 is 20.1. The van der Waals surface area contributed by atoms with E-state index in [0.29, 0.717) is 38.3 Å². The monoisotopic (exact) mass is 547 g/mol. The summed E-state index contributed by atoms with van der Waals surface area (Å²) < 4.78 is 6.84. The molecular formula is C25H20Cl3N3O3S. The first-order chi connectivity index (χ1) is 16.7. The topological polar surface area (TPSA) is 64.4 Å². The lowest BCUT2D eigenvalue weighted by Gasteiger charge is -2.13. The van der Waals surface area contributed by atoms with Crippen molar-refractivity contribution in [3.05, 3.63) is 86.6 Å². The van der Waals surface area contributed by atoms with Gasteiger partial charge >= 0.3 is 5.97 Å². The average molecular weight is 549 g/mol. The normalized spacial score (nSPS) is 11.0. The van der Waals surface area contributed by atoms with Crippen LogP contribution in [0.25, 0.3) is 10.9 Å². The van der Waals surface area contributed by atoms with Crippen LogP contribution in [0, 0.1) is 0 Å². The van der Waals surface area contributed by atoms with Crippen LogP contribution in [0.2, 0.25) is 15.2 Å². The Bertz CT molecular complexity index is 1440. The van der Waals surface area contributed by atoms with Crippen LogP contribution in [0.4, 0.5) is 0 Å². The van der Waals surface area contributed by atoms with Crippen molar-refractivity contribution in [2.24, 2.45) is 0 Å². The van der Waals surface area contributed by atoms with E-state index in [1.165, 1.54) is 23.8 Å². The Morgan fingerprint density at radius 1 is 1.00 bits per heavy atom. The highest BCUT2D eigenvalue weighted by molar-refractivity contribution is 7.99. The SMILES string of the molecule is COC(=O)c1cc2c(Cl)nc(Sc3ccc(Cl)c(Cl)c3)cc2n1Cc1ccc(C(=O)N(C)C)cc1. The van der Waals surface area contributed by atoms with Crippen molar-refractivity contribution in [2.75, 3.05) is 21.2 Å². The molecule has 0 unspecified atom stereocenters. The third-order valence-corrected chi connectivity index (χ3v) is 7.22. The van der Waals surface area contributed by atoms with E-state index >= 15 is 0 Å². The molecule has 0 aliphatic rings. The summed E-state index contributed by atoms with van der Waals surface area (Å²) in [5.74, 6) is -0.574. The van der Waals surface area contributed by atoms with Gasteiger partial charge in [-0.2, -0.15) is 0 Å². The molecule has 0 N–H and O–H groups in total. The Labute approximate surface area is 221 Å². The molecule has 0 fully saturated rings. The van der Waals surface area contributed by atoms with Crippen molar-refractivity contribution in [3.8, 4) is 0 Å². The fourth-order valence-electron chi connectivity index (χ4n) is 3.54. The number of pyridine rings is 1. The number of carbonyl (C=O) groups excluding carboxylic acids is 2. The van der Waals surface area contributed by atoms with Crippen molar-refractivity contribution in [1.82, 2.24) is 14.5 Å². The van der Waals surface area contributed by atoms with E-state index in [4.69, 9.17) is 39.5 Å². The predicted molar refractivity (Wildman–Crippen MR) is 140 cm³/mol. The van der Waals surface area contributed by atoms with Crippen molar-refractivity contribution >= 4 is 69.3 Å². The molecule has 2 aromatic carbocycles. The molecule has 0 saturated heterocycles. The van der Waals surface area contributed by atoms with Gasteiger partial charge in [-0.25, -0.2) is 9.78 Å². The maximum absolute atomic E-state index is 12.6. The van der Waals surface area contributed by atoms with Gasteiger partial charge < -0.3 is 14.2 Å². The molecular weight excluding hydrogens is 529 g/mol. The number of halogens is 3. The molecule has 0 aliphatic carbocycles. The zero-order valence-electron chi connectivity index (χ0n) is 19.0. The lowest BCUT2D eigenvalue weighted by Crippen LogP contribution is -2.21. The number of amides is 1. The van der Waals surface area contributed by atoms with Gasteiger partial charge in [-0.05, 0) is 48.0 Å². The zero-order valence-corrected chi connectivity index (χ0v) is 22.1. The second-order valence-electron chi connectivity index (χ2n) is 7.87. The predicted octanol–water partition coefficient (Wildman–Crippen LogP) is 6.68. The minimum atomic E-state index is -0.490. The molecule has 180 valence electrons. The number of methoxy groups -OCH3 is 1. The van der Waals surface area contributed by atoms with Crippen LogP contribution in [-0.2, 0) is 11.3 Å². The summed E-state index contributed by atoms with van der Waals surface area (Å²) in [6.45, 7) is 0.363. The smallest absolute Gasteiger partial charge is 0.354 e. The van der Waals surface area contributed by atoms with Crippen LogP contribution in [0.15, 0.2) is 64.5 Å². The molecule has 10 heteroatoms. The van der Waals surface area contributed by atoms with Gasteiger partial charge in [0, 0.05) is 36.5 Å². The van der Waals surface area contributed by atoms with E-state index in [1.807, 2.05) is 28.8 Å². The number of carbonyl (C=O) groups is 2. The number of nitrogens with zero attached hydrogens (tertiary/aromatic N) is 3. The van der Waals surface area contributed by atoms with Crippen LogP contribution in [0.5, 0.6) is 0 Å². The fourth-order valence-corrected chi connectivity index (χ4v) is 5.06. The minimum Gasteiger partial charge on any atom is -0.464 e. The van der Waals surface area contributed by atoms with E-state index in [-0.39, 0.29) is 11.1 Å². The lowest BCUT2D eigenvalue weighted by atomic mass is 10.1. The number of hydrogen-bond donors (Lipinski definition) is 0. The molecule has 1 amide bonds. The van der Waals surface area contributed by atoms with Gasteiger partial charge in [0.25, 0.3) is 5.91 Å². The van der Waals surface area contributed by atoms with Crippen molar-refractivity contribution in [3.63, 3.8) is 0 Å². The van der Waals surface area contributed by atoms with Gasteiger partial charge in [0.05, 0.1) is 22.7 Å². The number of esters is 1. The molecule has 0 saturated carbocycles. The Balaban J connectivity index is 1.76. The second-order valence-corrected chi connectivity index (χ2v) is 10.1. The third kappa shape index (κ3) is 5.43. The summed E-state index contributed by atoms with van der Waals surface area (Å²) in [5, 5.41) is 2.43. The van der Waals surface area contributed by atoms with E-state index in [2.05, 4.69) is 4.98 Å². The van der Waals surface area contributed by atoms with Crippen molar-refractivity contribution in [2.45, 2.75) is 16.5 Å². The molecule has 0 radical (unpaired) electrons. The minimum absolute atomic E-state index is 0.0833. The summed E-state index contributed by atoms with van der Waals surface area (Å²) in [7, 11) is 4.74. The van der Waals surface area contributed by atoms with E-state index in [1.54, 1.807) is 44.4 Å². The Hall–Kier alpha value is -2.71. The third-order valence-electron chi connectivity index (χ3n) is 5.29. The number of aromatic nitrogens is 2. The van der Waals surface area contributed by atoms with E-state index < -0.39 is 5.97 Å². The van der Waals surface area contributed by atoms with Crippen molar-refractivity contribution < 1.29 is 14.3 Å². The summed E-state index contributed by atoms with van der Waals surface area (Å²) in [6.07, 6.45) is 0. The number of fused-ring (bicyclic) bond motifs is 1. The van der Waals surface area contributed by atoms with Crippen LogP contribution in [0.3, 0.4) is 0 Å². The van der Waals surface area contributed by atoms with E-state index in [0.717, 1.165) is 16.0 Å². The van der Waals surface area contributed by atoms with Gasteiger partial charge in [-0.15, -0.1) is 0 Å². The highest BCUT2D eigenvalue weighted by Crippen LogP contribution is 2.36. The highest BCUT2D eigenvalue weighted by atomic mass is 35.5. The lowest BCUT2D eigenvalue weighted by molar-refractivity contribution is 0.0589. The quantitative estimate of drug-likeness (QED) is 0.199. The molecule has 0 aliphatic heterocycles. The molecule has 4 rings (SSSR count). The number of rotatable bonds is 6. The van der Waals surface area contributed by atoms with Gasteiger partial charge in [-0.3, -0.25) is 4.79 Å². The average Bonchev–Trinajstić information content (AvgIpc) is 3.19. The van der Waals surface area contributed by atoms with Crippen LogP contribution < -0.4 is 0 Å². The van der Waals surface area contributed by atoms with Crippen molar-refractivity contribution in [1.29, 1.82) is 0 Å². The highest BCUT2D eigenvalue weighted by Gasteiger charge is 2.20. The molecule has 6 nitrogen and oxygen atoms in total. The first-order valence-corrected chi connectivity index (χ1v) is 12.3. The summed E-state index contributed by atoms with van der Waals surface area (Å²) in [6, 6.07) is 16.1. The van der Waals surface area contributed by atoms with Gasteiger partial charge in [0.15, 0.2) is 0 Å². The second kappa shape index (κ2) is 10.5. The Morgan fingerprint density at radius 2 is 1.71 bits per heavy atom. The first kappa shape index (κ1) is 25.4. The summed E-state index contributed by atoms with van der Waals surface area (Å²) in [5.41, 5.74) is 2.55. The molecule has 2 aromatic heterocycles. The number of hydrogen-bond acceptors (Lipinski definition) is 5. The molecule has 0 spiro atoms. The van der Waals surface area contributed by atoms with E-state index in [9.17, 15) is 9.59 Å². The molecule has 35 heavy (non-hydrogen) atoms. The van der Waals surface area contributed by atoms with Gasteiger partial charge in [-0.1, -0.05) is 58.7 Å². The molecule has 4 aromatic rings. The maximum Gasteiger partial charge on any atom is 0.354 e. The maximum atomic E-state index is 12.6. The fraction of sp³-hybridized carbons (Fsp3) is 0.160. The van der Waals surface area contributed by atoms with Crippen LogP contribution in [0.1, 0.15) is 26.4 Å². The summed E-state index contributed by atoms with van der Waals surface area (Å²) in [4.78, 5) is 31.6. The van der Waals surface area contributed by atoms with Crippen LogP contribution in [-0.4, -0.2) is 47.5 Å². The molecule has 0 bridgehead atoms. The van der Waals surface area contributed by atoms with Gasteiger partial charge in [0.1, 0.15) is 15.9 Å². The van der Waals surface area contributed by atoms with Gasteiger partial charge in [0.2, 0.25) is 0 Å². The Kier molecular flexibility index (Phi) is 7.62. The molecule has 2 heterocycles. The first-order valence-electron chi connectivity index (χ1n) is 10.4. The van der Waals surface area contributed by atoms with Crippen LogP contribution >= 0.6 is 46.6 Å². The number of ether oxygens (including phenoxy) is 1. The standard InChI is InChI=1S/C25H20Cl3N3O3S/c1-30(2)24(32)15-6-4-14(5-7-15)13-31-20-12-22(35-16-8-9-18(26)19(27)10-16)29-23(28)17(20)11-21(31)25(33)34-3/h4-12H,13H2,1-3H3.